The van der Waals surface area contributed by atoms with Crippen molar-refractivity contribution in [2.75, 3.05) is 0 Å². The number of nitrogens with one attached hydrogen (secondary N) is 1. The normalized spacial score (nSPS) is 27.0. The fraction of sp³-hybridized carbons (Fsp3) is 0.533. The highest BCUT2D eigenvalue weighted by molar-refractivity contribution is 6.30. The van der Waals surface area contributed by atoms with E-state index in [1.54, 1.807) is 0 Å². The zero-order valence-electron chi connectivity index (χ0n) is 11.3. The molecule has 1 fully saturated rings. The third-order valence-electron chi connectivity index (χ3n) is 3.93. The largest absolute Gasteiger partial charge is 0.352 e. The molecule has 1 aliphatic carbocycles. The Balaban J connectivity index is 1.94. The van der Waals surface area contributed by atoms with Crippen LogP contribution in [-0.2, 0) is 11.3 Å². The molecular formula is C15H21ClN2O. The molecule has 3 nitrogen and oxygen atoms in total. The Morgan fingerprint density at radius 2 is 2.32 bits per heavy atom. The van der Waals surface area contributed by atoms with Crippen molar-refractivity contribution < 1.29 is 4.79 Å². The van der Waals surface area contributed by atoms with Crippen molar-refractivity contribution >= 4 is 17.5 Å². The van der Waals surface area contributed by atoms with Crippen LogP contribution in [-0.4, -0.2) is 11.4 Å². The predicted octanol–water partition coefficient (Wildman–Crippen LogP) is 2.86. The molecule has 0 heterocycles. The summed E-state index contributed by atoms with van der Waals surface area (Å²) in [4.78, 5) is 12.2. The van der Waals surface area contributed by atoms with E-state index >= 15 is 0 Å². The number of carbonyl (C=O) groups excluding carboxylic acids is 1. The Hall–Kier alpha value is -1.06. The van der Waals surface area contributed by atoms with Crippen LogP contribution in [0.5, 0.6) is 0 Å². The van der Waals surface area contributed by atoms with E-state index in [1.807, 2.05) is 31.2 Å². The molecule has 1 aromatic rings. The minimum absolute atomic E-state index is 0.0599. The van der Waals surface area contributed by atoms with Crippen LogP contribution >= 0.6 is 11.6 Å². The summed E-state index contributed by atoms with van der Waals surface area (Å²) in [7, 11) is 0. The smallest absolute Gasteiger partial charge is 0.225 e. The maximum atomic E-state index is 12.2. The van der Waals surface area contributed by atoms with Crippen molar-refractivity contribution in [3.8, 4) is 0 Å². The van der Waals surface area contributed by atoms with E-state index in [2.05, 4.69) is 5.32 Å². The van der Waals surface area contributed by atoms with Crippen LogP contribution in [0.3, 0.4) is 0 Å². The molecule has 0 aliphatic heterocycles. The molecule has 1 saturated carbocycles. The zero-order chi connectivity index (χ0) is 13.9. The van der Waals surface area contributed by atoms with Gasteiger partial charge in [-0.15, -0.1) is 0 Å². The van der Waals surface area contributed by atoms with Crippen LogP contribution in [0.15, 0.2) is 24.3 Å². The average Bonchev–Trinajstić information content (AvgIpc) is 2.35. The molecule has 1 aromatic carbocycles. The highest BCUT2D eigenvalue weighted by atomic mass is 35.5. The van der Waals surface area contributed by atoms with Gasteiger partial charge in [-0.05, 0) is 37.5 Å². The lowest BCUT2D eigenvalue weighted by Gasteiger charge is -2.37. The Labute approximate surface area is 119 Å². The number of benzene rings is 1. The highest BCUT2D eigenvalue weighted by Gasteiger charge is 2.37. The lowest BCUT2D eigenvalue weighted by molar-refractivity contribution is -0.128. The molecule has 0 bridgehead atoms. The molecule has 104 valence electrons. The van der Waals surface area contributed by atoms with Crippen LogP contribution in [0, 0.1) is 5.92 Å². The second-order valence-corrected chi connectivity index (χ2v) is 6.09. The van der Waals surface area contributed by atoms with Gasteiger partial charge in [0.2, 0.25) is 5.91 Å². The topological polar surface area (TPSA) is 55.1 Å². The van der Waals surface area contributed by atoms with Gasteiger partial charge in [0.25, 0.3) is 0 Å². The van der Waals surface area contributed by atoms with Gasteiger partial charge in [0.1, 0.15) is 0 Å². The van der Waals surface area contributed by atoms with E-state index < -0.39 is 0 Å². The van der Waals surface area contributed by atoms with E-state index in [1.165, 1.54) is 0 Å². The molecule has 1 amide bonds. The van der Waals surface area contributed by atoms with E-state index in [-0.39, 0.29) is 17.4 Å². The molecule has 2 unspecified atom stereocenters. The second kappa shape index (κ2) is 5.93. The van der Waals surface area contributed by atoms with E-state index in [4.69, 9.17) is 17.3 Å². The molecule has 0 aromatic heterocycles. The van der Waals surface area contributed by atoms with Crippen LogP contribution in [0.1, 0.15) is 38.2 Å². The summed E-state index contributed by atoms with van der Waals surface area (Å²) >= 11 is 5.92. The first-order valence-electron chi connectivity index (χ1n) is 6.80. The number of hydrogen-bond donors (Lipinski definition) is 2. The Morgan fingerprint density at radius 3 is 3.00 bits per heavy atom. The van der Waals surface area contributed by atoms with Crippen LogP contribution < -0.4 is 11.1 Å². The minimum Gasteiger partial charge on any atom is -0.352 e. The van der Waals surface area contributed by atoms with Gasteiger partial charge >= 0.3 is 0 Å². The molecule has 0 saturated heterocycles. The minimum atomic E-state index is -0.378. The van der Waals surface area contributed by atoms with Gasteiger partial charge in [-0.1, -0.05) is 36.6 Å². The third-order valence-corrected chi connectivity index (χ3v) is 4.16. The summed E-state index contributed by atoms with van der Waals surface area (Å²) in [6, 6.07) is 7.53. The summed E-state index contributed by atoms with van der Waals surface area (Å²) in [6.07, 6.45) is 4.00. The fourth-order valence-electron chi connectivity index (χ4n) is 2.75. The number of halogens is 1. The monoisotopic (exact) mass is 280 g/mol. The van der Waals surface area contributed by atoms with Crippen molar-refractivity contribution in [3.05, 3.63) is 34.9 Å². The van der Waals surface area contributed by atoms with Gasteiger partial charge in [-0.3, -0.25) is 4.79 Å². The average molecular weight is 281 g/mol. The molecule has 2 atom stereocenters. The van der Waals surface area contributed by atoms with Crippen molar-refractivity contribution in [2.45, 2.75) is 44.7 Å². The lowest BCUT2D eigenvalue weighted by atomic mass is 9.74. The van der Waals surface area contributed by atoms with Gasteiger partial charge in [-0.25, -0.2) is 0 Å². The highest BCUT2D eigenvalue weighted by Crippen LogP contribution is 2.31. The SMILES string of the molecule is CC1(N)CCCCC1C(=O)NCc1cccc(Cl)c1. The molecule has 19 heavy (non-hydrogen) atoms. The van der Waals surface area contributed by atoms with E-state index in [0.717, 1.165) is 31.2 Å². The standard InChI is InChI=1S/C15H21ClN2O/c1-15(17)8-3-2-7-13(15)14(19)18-10-11-5-4-6-12(16)9-11/h4-6,9,13H,2-3,7-8,10,17H2,1H3,(H,18,19). The van der Waals surface area contributed by atoms with Crippen molar-refractivity contribution in [1.82, 2.24) is 5.32 Å². The van der Waals surface area contributed by atoms with E-state index in [0.29, 0.717) is 11.6 Å². The summed E-state index contributed by atoms with van der Waals surface area (Å²) in [5.41, 5.74) is 6.87. The Morgan fingerprint density at radius 1 is 1.53 bits per heavy atom. The van der Waals surface area contributed by atoms with Crippen LogP contribution in [0.4, 0.5) is 0 Å². The van der Waals surface area contributed by atoms with Gasteiger partial charge in [-0.2, -0.15) is 0 Å². The number of nitrogens with two attached hydrogens (primary N) is 1. The quantitative estimate of drug-likeness (QED) is 0.894. The molecule has 0 radical (unpaired) electrons. The Bertz CT molecular complexity index is 459. The number of rotatable bonds is 3. The Kier molecular flexibility index (Phi) is 4.48. The maximum absolute atomic E-state index is 12.2. The first kappa shape index (κ1) is 14.4. The van der Waals surface area contributed by atoms with Gasteiger partial charge in [0, 0.05) is 17.1 Å². The fourth-order valence-corrected chi connectivity index (χ4v) is 2.96. The van der Waals surface area contributed by atoms with Crippen LogP contribution in [0.2, 0.25) is 5.02 Å². The number of carbonyl (C=O) groups is 1. The van der Waals surface area contributed by atoms with Crippen LogP contribution in [0.25, 0.3) is 0 Å². The predicted molar refractivity (Wildman–Crippen MR) is 77.8 cm³/mol. The zero-order valence-corrected chi connectivity index (χ0v) is 12.0. The summed E-state index contributed by atoms with van der Waals surface area (Å²) in [5.74, 6) is -0.0230. The molecular weight excluding hydrogens is 260 g/mol. The molecule has 4 heteroatoms. The van der Waals surface area contributed by atoms with Gasteiger partial charge < -0.3 is 11.1 Å². The molecule has 1 aliphatic rings. The summed E-state index contributed by atoms with van der Waals surface area (Å²) < 4.78 is 0. The van der Waals surface area contributed by atoms with Gasteiger partial charge in [0.15, 0.2) is 0 Å². The molecule has 3 N–H and O–H groups in total. The van der Waals surface area contributed by atoms with Crippen molar-refractivity contribution in [3.63, 3.8) is 0 Å². The lowest BCUT2D eigenvalue weighted by Crippen LogP contribution is -2.52. The van der Waals surface area contributed by atoms with Crippen molar-refractivity contribution in [1.29, 1.82) is 0 Å². The maximum Gasteiger partial charge on any atom is 0.225 e. The summed E-state index contributed by atoms with van der Waals surface area (Å²) in [6.45, 7) is 2.49. The second-order valence-electron chi connectivity index (χ2n) is 5.65. The summed E-state index contributed by atoms with van der Waals surface area (Å²) in [5, 5.41) is 3.66. The first-order valence-corrected chi connectivity index (χ1v) is 7.18. The number of amides is 1. The van der Waals surface area contributed by atoms with Gasteiger partial charge in [0.05, 0.1) is 5.92 Å². The molecule has 2 rings (SSSR count). The number of hydrogen-bond acceptors (Lipinski definition) is 2. The van der Waals surface area contributed by atoms with Crippen molar-refractivity contribution in [2.24, 2.45) is 11.7 Å². The van der Waals surface area contributed by atoms with E-state index in [9.17, 15) is 4.79 Å². The molecule has 0 spiro atoms. The first-order chi connectivity index (χ1) is 8.99. The third kappa shape index (κ3) is 3.71.